The number of benzene rings is 4. The van der Waals surface area contributed by atoms with Crippen LogP contribution < -0.4 is 9.47 Å². The standard InChI is InChI=1S/C38H33NO6/c1-42-32-20-24-18-19-39-31(27(24)21-33(32)43-2)22-30(23-12-6-5-7-13-23)38(34(36(40)44-3)35(39)37(41)45-4)28-16-10-8-14-25(28)26-15-9-11-17-29(26)38/h5-17,20-22,30H,18-19H2,1-4H3. The Morgan fingerprint density at radius 3 is 1.89 bits per heavy atom. The van der Waals surface area contributed by atoms with Crippen molar-refractivity contribution in [3.63, 3.8) is 0 Å². The average molecular weight is 600 g/mol. The van der Waals surface area contributed by atoms with Gasteiger partial charge in [-0.05, 0) is 51.9 Å². The van der Waals surface area contributed by atoms with Gasteiger partial charge in [-0.3, -0.25) is 0 Å². The number of hydrogen-bond donors (Lipinski definition) is 0. The molecule has 2 heterocycles. The maximum absolute atomic E-state index is 14.4. The molecule has 7 heteroatoms. The number of methoxy groups -OCH3 is 4. The minimum Gasteiger partial charge on any atom is -0.493 e. The monoisotopic (exact) mass is 599 g/mol. The van der Waals surface area contributed by atoms with E-state index < -0.39 is 23.3 Å². The highest BCUT2D eigenvalue weighted by molar-refractivity contribution is 6.07. The molecule has 1 aliphatic carbocycles. The zero-order chi connectivity index (χ0) is 31.3. The highest BCUT2D eigenvalue weighted by Gasteiger charge is 2.57. The third-order valence-corrected chi connectivity index (χ3v) is 9.39. The molecule has 0 saturated heterocycles. The Hall–Kier alpha value is -5.30. The van der Waals surface area contributed by atoms with Crippen LogP contribution in [0.3, 0.4) is 0 Å². The number of fused-ring (bicyclic) bond motifs is 8. The van der Waals surface area contributed by atoms with Gasteiger partial charge < -0.3 is 23.8 Å². The Bertz CT molecular complexity index is 1860. The number of ether oxygens (including phenoxy) is 4. The molecule has 0 N–H and O–H groups in total. The van der Waals surface area contributed by atoms with E-state index in [0.717, 1.165) is 44.6 Å². The SMILES string of the molecule is COC(=O)C1=C(C(=O)OC)C2(c3ccccc3-c3ccccc32)C(c2ccccc2)C=C2c3cc(OC)c(OC)cc3CCN21. The second-order valence-electron chi connectivity index (χ2n) is 11.3. The number of allylic oxidation sites excluding steroid dienone is 1. The number of esters is 2. The average Bonchev–Trinajstić information content (AvgIpc) is 3.30. The molecule has 0 amide bonds. The zero-order valence-corrected chi connectivity index (χ0v) is 25.6. The van der Waals surface area contributed by atoms with Gasteiger partial charge in [-0.15, -0.1) is 0 Å². The molecular formula is C38H33NO6. The van der Waals surface area contributed by atoms with Crippen LogP contribution in [-0.2, 0) is 30.9 Å². The van der Waals surface area contributed by atoms with Gasteiger partial charge in [0.05, 0.1) is 39.4 Å². The fraction of sp³-hybridized carbons (Fsp3) is 0.211. The predicted molar refractivity (Wildman–Crippen MR) is 171 cm³/mol. The van der Waals surface area contributed by atoms with E-state index in [2.05, 4.69) is 42.5 Å². The summed E-state index contributed by atoms with van der Waals surface area (Å²) in [5.41, 5.74) is 6.84. The molecule has 0 radical (unpaired) electrons. The second kappa shape index (κ2) is 11.0. The molecule has 0 bridgehead atoms. The third-order valence-electron chi connectivity index (χ3n) is 9.39. The van der Waals surface area contributed by atoms with Crippen molar-refractivity contribution < 1.29 is 28.5 Å². The van der Waals surface area contributed by atoms with Gasteiger partial charge in [0.2, 0.25) is 0 Å². The Labute approximate surface area is 262 Å². The maximum atomic E-state index is 14.4. The normalized spacial score (nSPS) is 17.3. The molecule has 45 heavy (non-hydrogen) atoms. The summed E-state index contributed by atoms with van der Waals surface area (Å²) in [5, 5.41) is 0. The number of nitrogens with zero attached hydrogens (tertiary/aromatic N) is 1. The van der Waals surface area contributed by atoms with Crippen LogP contribution in [0.5, 0.6) is 11.5 Å². The van der Waals surface area contributed by atoms with Gasteiger partial charge in [0.25, 0.3) is 0 Å². The summed E-state index contributed by atoms with van der Waals surface area (Å²) in [6, 6.07) is 30.3. The van der Waals surface area contributed by atoms with Crippen molar-refractivity contribution in [3.05, 3.63) is 136 Å². The summed E-state index contributed by atoms with van der Waals surface area (Å²) in [7, 11) is 5.94. The van der Waals surface area contributed by atoms with Crippen molar-refractivity contribution in [2.75, 3.05) is 35.0 Å². The lowest BCUT2D eigenvalue weighted by Crippen LogP contribution is -2.41. The van der Waals surface area contributed by atoms with Gasteiger partial charge in [0, 0.05) is 23.7 Å². The molecule has 2 aliphatic heterocycles. The van der Waals surface area contributed by atoms with E-state index >= 15 is 0 Å². The van der Waals surface area contributed by atoms with Crippen molar-refractivity contribution in [3.8, 4) is 22.6 Å². The highest BCUT2D eigenvalue weighted by Crippen LogP contribution is 2.62. The number of hydrogen-bond acceptors (Lipinski definition) is 7. The molecule has 226 valence electrons. The van der Waals surface area contributed by atoms with Gasteiger partial charge in [0.1, 0.15) is 5.70 Å². The van der Waals surface area contributed by atoms with Crippen LogP contribution in [0.25, 0.3) is 16.8 Å². The van der Waals surface area contributed by atoms with Crippen LogP contribution in [0, 0.1) is 0 Å². The second-order valence-corrected chi connectivity index (χ2v) is 11.3. The first kappa shape index (κ1) is 28.5. The topological polar surface area (TPSA) is 74.3 Å². The van der Waals surface area contributed by atoms with E-state index in [1.807, 2.05) is 59.5 Å². The Morgan fingerprint density at radius 1 is 0.711 bits per heavy atom. The maximum Gasteiger partial charge on any atom is 0.355 e. The van der Waals surface area contributed by atoms with E-state index in [4.69, 9.17) is 18.9 Å². The molecule has 0 aromatic heterocycles. The number of rotatable bonds is 5. The van der Waals surface area contributed by atoms with Crippen molar-refractivity contribution >= 4 is 17.6 Å². The smallest absolute Gasteiger partial charge is 0.355 e. The van der Waals surface area contributed by atoms with E-state index in [1.54, 1.807) is 14.2 Å². The van der Waals surface area contributed by atoms with Crippen molar-refractivity contribution in [1.29, 1.82) is 0 Å². The van der Waals surface area contributed by atoms with Gasteiger partial charge in [-0.2, -0.15) is 0 Å². The molecule has 4 aromatic carbocycles. The van der Waals surface area contributed by atoms with Crippen LogP contribution in [0.2, 0.25) is 0 Å². The zero-order valence-electron chi connectivity index (χ0n) is 25.6. The molecule has 1 spiro atoms. The summed E-state index contributed by atoms with van der Waals surface area (Å²) in [6.45, 7) is 0.431. The fourth-order valence-electron chi connectivity index (χ4n) is 7.59. The van der Waals surface area contributed by atoms with E-state index in [-0.39, 0.29) is 11.3 Å². The Kier molecular flexibility index (Phi) is 6.96. The lowest BCUT2D eigenvalue weighted by molar-refractivity contribution is -0.141. The van der Waals surface area contributed by atoms with Gasteiger partial charge in [-0.25, -0.2) is 9.59 Å². The largest absolute Gasteiger partial charge is 0.493 e. The summed E-state index contributed by atoms with van der Waals surface area (Å²) >= 11 is 0. The van der Waals surface area contributed by atoms with Crippen LogP contribution in [0.15, 0.2) is 108 Å². The first-order chi connectivity index (χ1) is 22.0. The van der Waals surface area contributed by atoms with E-state index in [9.17, 15) is 9.59 Å². The lowest BCUT2D eigenvalue weighted by Gasteiger charge is -2.39. The molecule has 7 rings (SSSR count). The Morgan fingerprint density at radius 2 is 1.29 bits per heavy atom. The van der Waals surface area contributed by atoms with Crippen LogP contribution in [0.4, 0.5) is 0 Å². The molecule has 1 atom stereocenters. The minimum absolute atomic E-state index is 0.168. The molecule has 7 nitrogen and oxygen atoms in total. The molecule has 4 aromatic rings. The highest BCUT2D eigenvalue weighted by atomic mass is 16.5. The lowest BCUT2D eigenvalue weighted by atomic mass is 9.61. The van der Waals surface area contributed by atoms with Crippen molar-refractivity contribution in [1.82, 2.24) is 4.90 Å². The van der Waals surface area contributed by atoms with Gasteiger partial charge in [0.15, 0.2) is 11.5 Å². The number of carbonyl (C=O) groups is 2. The quantitative estimate of drug-likeness (QED) is 0.251. The molecule has 3 aliphatic rings. The molecule has 1 unspecified atom stereocenters. The van der Waals surface area contributed by atoms with E-state index in [1.165, 1.54) is 14.2 Å². The predicted octanol–water partition coefficient (Wildman–Crippen LogP) is 6.27. The molecule has 0 fully saturated rings. The summed E-state index contributed by atoms with van der Waals surface area (Å²) < 4.78 is 22.5. The first-order valence-electron chi connectivity index (χ1n) is 14.9. The fourth-order valence-corrected chi connectivity index (χ4v) is 7.59. The van der Waals surface area contributed by atoms with Crippen LogP contribution in [0.1, 0.15) is 33.7 Å². The Balaban J connectivity index is 1.70. The van der Waals surface area contributed by atoms with Crippen LogP contribution >= 0.6 is 0 Å². The van der Waals surface area contributed by atoms with E-state index in [0.29, 0.717) is 24.5 Å². The van der Waals surface area contributed by atoms with Gasteiger partial charge >= 0.3 is 11.9 Å². The summed E-state index contributed by atoms with van der Waals surface area (Å²) in [6.07, 6.45) is 2.80. The van der Waals surface area contributed by atoms with Crippen LogP contribution in [-0.4, -0.2) is 51.8 Å². The van der Waals surface area contributed by atoms with Gasteiger partial charge in [-0.1, -0.05) is 84.9 Å². The minimum atomic E-state index is -1.13. The van der Waals surface area contributed by atoms with Crippen molar-refractivity contribution in [2.45, 2.75) is 17.8 Å². The third kappa shape index (κ3) is 4.03. The number of carbonyl (C=O) groups excluding carboxylic acids is 2. The molecular weight excluding hydrogens is 566 g/mol. The first-order valence-corrected chi connectivity index (χ1v) is 14.9. The summed E-state index contributed by atoms with van der Waals surface area (Å²) in [5.74, 6) is -0.428. The van der Waals surface area contributed by atoms with Crippen molar-refractivity contribution in [2.24, 2.45) is 0 Å². The summed E-state index contributed by atoms with van der Waals surface area (Å²) in [4.78, 5) is 30.5. The molecule has 0 saturated carbocycles.